The lowest BCUT2D eigenvalue weighted by atomic mass is 9.95. The standard InChI is InChI=1S/C13H24N4O2S/c1-4-14-12-6-7-17(8-11(12)3)20(18,19)13-9-16(5-2)10-15-13/h9-12,14H,4-8H2,1-3H3. The fourth-order valence-corrected chi connectivity index (χ4v) is 4.16. The zero-order valence-corrected chi connectivity index (χ0v) is 13.2. The van der Waals surface area contributed by atoms with Crippen LogP contribution in [0.5, 0.6) is 0 Å². The lowest BCUT2D eigenvalue weighted by Crippen LogP contribution is -2.50. The molecule has 2 rings (SSSR count). The van der Waals surface area contributed by atoms with Crippen molar-refractivity contribution in [3.05, 3.63) is 12.5 Å². The molecule has 1 fully saturated rings. The van der Waals surface area contributed by atoms with Crippen LogP contribution in [-0.2, 0) is 16.6 Å². The SMILES string of the molecule is CCNC1CCN(S(=O)(=O)c2cn(CC)cn2)CC1C. The van der Waals surface area contributed by atoms with E-state index >= 15 is 0 Å². The topological polar surface area (TPSA) is 67.2 Å². The van der Waals surface area contributed by atoms with E-state index in [9.17, 15) is 8.42 Å². The Morgan fingerprint density at radius 3 is 2.75 bits per heavy atom. The van der Waals surface area contributed by atoms with Crippen molar-refractivity contribution in [2.24, 2.45) is 5.92 Å². The summed E-state index contributed by atoms with van der Waals surface area (Å²) in [5.41, 5.74) is 0. The molecule has 1 aliphatic rings. The molecule has 0 radical (unpaired) electrons. The Kier molecular flexibility index (Phi) is 4.82. The Balaban J connectivity index is 2.11. The van der Waals surface area contributed by atoms with Crippen LogP contribution in [0.25, 0.3) is 0 Å². The summed E-state index contributed by atoms with van der Waals surface area (Å²) in [6.45, 7) is 8.89. The Labute approximate surface area is 121 Å². The van der Waals surface area contributed by atoms with E-state index in [1.54, 1.807) is 21.4 Å². The van der Waals surface area contributed by atoms with Gasteiger partial charge < -0.3 is 9.88 Å². The summed E-state index contributed by atoms with van der Waals surface area (Å²) in [5, 5.41) is 3.58. The molecule has 6 nitrogen and oxygen atoms in total. The average molecular weight is 300 g/mol. The van der Waals surface area contributed by atoms with Crippen LogP contribution in [0.1, 0.15) is 27.2 Å². The number of nitrogens with one attached hydrogen (secondary N) is 1. The first-order valence-corrected chi connectivity index (χ1v) is 8.68. The van der Waals surface area contributed by atoms with Gasteiger partial charge in [-0.15, -0.1) is 0 Å². The molecule has 2 unspecified atom stereocenters. The van der Waals surface area contributed by atoms with Gasteiger partial charge in [0.25, 0.3) is 10.0 Å². The largest absolute Gasteiger partial charge is 0.336 e. The molecule has 0 spiro atoms. The van der Waals surface area contributed by atoms with E-state index in [2.05, 4.69) is 24.1 Å². The van der Waals surface area contributed by atoms with Gasteiger partial charge in [0.05, 0.1) is 6.33 Å². The second kappa shape index (κ2) is 6.24. The van der Waals surface area contributed by atoms with Crippen LogP contribution in [0, 0.1) is 5.92 Å². The molecule has 0 aromatic carbocycles. The minimum Gasteiger partial charge on any atom is -0.336 e. The third-order valence-corrected chi connectivity index (χ3v) is 5.66. The summed E-state index contributed by atoms with van der Waals surface area (Å²) < 4.78 is 28.5. The third-order valence-electron chi connectivity index (χ3n) is 3.91. The van der Waals surface area contributed by atoms with Crippen LogP contribution in [-0.4, -0.2) is 48.0 Å². The summed E-state index contributed by atoms with van der Waals surface area (Å²) in [6.07, 6.45) is 4.03. The maximum Gasteiger partial charge on any atom is 0.262 e. The smallest absolute Gasteiger partial charge is 0.262 e. The van der Waals surface area contributed by atoms with Crippen molar-refractivity contribution in [2.75, 3.05) is 19.6 Å². The molecule has 1 saturated heterocycles. The molecule has 1 N–H and O–H groups in total. The monoisotopic (exact) mass is 300 g/mol. The van der Waals surface area contributed by atoms with E-state index in [1.165, 1.54) is 0 Å². The zero-order valence-electron chi connectivity index (χ0n) is 12.4. The van der Waals surface area contributed by atoms with E-state index in [4.69, 9.17) is 0 Å². The van der Waals surface area contributed by atoms with Gasteiger partial charge in [0.2, 0.25) is 0 Å². The normalized spacial score (nSPS) is 24.9. The quantitative estimate of drug-likeness (QED) is 0.878. The van der Waals surface area contributed by atoms with Gasteiger partial charge in [0, 0.05) is 31.9 Å². The predicted octanol–water partition coefficient (Wildman–Crippen LogP) is 0.912. The first-order chi connectivity index (χ1) is 9.48. The Morgan fingerprint density at radius 2 is 2.20 bits per heavy atom. The molecule has 114 valence electrons. The van der Waals surface area contributed by atoms with Gasteiger partial charge in [-0.25, -0.2) is 13.4 Å². The second-order valence-corrected chi connectivity index (χ2v) is 7.22. The number of aryl methyl sites for hydroxylation is 1. The van der Waals surface area contributed by atoms with Crippen molar-refractivity contribution in [3.8, 4) is 0 Å². The average Bonchev–Trinajstić information content (AvgIpc) is 2.90. The Bertz CT molecular complexity index is 540. The number of hydrogen-bond acceptors (Lipinski definition) is 4. The fraction of sp³-hybridized carbons (Fsp3) is 0.769. The summed E-state index contributed by atoms with van der Waals surface area (Å²) in [6, 6.07) is 0.402. The minimum absolute atomic E-state index is 0.161. The van der Waals surface area contributed by atoms with E-state index in [0.717, 1.165) is 19.5 Å². The van der Waals surface area contributed by atoms with Crippen molar-refractivity contribution >= 4 is 10.0 Å². The van der Waals surface area contributed by atoms with Crippen LogP contribution >= 0.6 is 0 Å². The molecule has 7 heteroatoms. The maximum absolute atomic E-state index is 12.6. The molecular weight excluding hydrogens is 276 g/mol. The molecule has 20 heavy (non-hydrogen) atoms. The van der Waals surface area contributed by atoms with Gasteiger partial charge in [-0.05, 0) is 25.8 Å². The van der Waals surface area contributed by atoms with Gasteiger partial charge in [-0.3, -0.25) is 0 Å². The van der Waals surface area contributed by atoms with Gasteiger partial charge in [0.1, 0.15) is 0 Å². The molecule has 0 aliphatic carbocycles. The van der Waals surface area contributed by atoms with Gasteiger partial charge in [-0.2, -0.15) is 4.31 Å². The summed E-state index contributed by atoms with van der Waals surface area (Å²) in [7, 11) is -3.45. The van der Waals surface area contributed by atoms with Crippen LogP contribution in [0.2, 0.25) is 0 Å². The number of rotatable bonds is 5. The summed E-state index contributed by atoms with van der Waals surface area (Å²) in [4.78, 5) is 4.03. The fourth-order valence-electron chi connectivity index (χ4n) is 2.67. The second-order valence-electron chi connectivity index (χ2n) is 5.34. The highest BCUT2D eigenvalue weighted by Gasteiger charge is 2.34. The summed E-state index contributed by atoms with van der Waals surface area (Å²) in [5.74, 6) is 0.312. The van der Waals surface area contributed by atoms with Crippen molar-refractivity contribution < 1.29 is 8.42 Å². The number of sulfonamides is 1. The molecule has 1 aromatic rings. The molecule has 2 heterocycles. The van der Waals surface area contributed by atoms with Crippen molar-refractivity contribution in [3.63, 3.8) is 0 Å². The molecule has 2 atom stereocenters. The highest BCUT2D eigenvalue weighted by Crippen LogP contribution is 2.23. The van der Waals surface area contributed by atoms with Crippen molar-refractivity contribution in [1.29, 1.82) is 0 Å². The first-order valence-electron chi connectivity index (χ1n) is 7.24. The van der Waals surface area contributed by atoms with E-state index in [-0.39, 0.29) is 5.03 Å². The van der Waals surface area contributed by atoms with Gasteiger partial charge >= 0.3 is 0 Å². The summed E-state index contributed by atoms with van der Waals surface area (Å²) >= 11 is 0. The highest BCUT2D eigenvalue weighted by atomic mass is 32.2. The number of piperidine rings is 1. The molecule has 0 bridgehead atoms. The minimum atomic E-state index is -3.45. The molecular formula is C13H24N4O2S. The third kappa shape index (κ3) is 3.05. The number of nitrogens with zero attached hydrogens (tertiary/aromatic N) is 3. The van der Waals surface area contributed by atoms with Crippen molar-refractivity contribution in [1.82, 2.24) is 19.2 Å². The Morgan fingerprint density at radius 1 is 1.45 bits per heavy atom. The lowest BCUT2D eigenvalue weighted by molar-refractivity contribution is 0.222. The molecule has 0 saturated carbocycles. The molecule has 1 aliphatic heterocycles. The van der Waals surface area contributed by atoms with Gasteiger partial charge in [0.15, 0.2) is 5.03 Å². The lowest BCUT2D eigenvalue weighted by Gasteiger charge is -2.36. The maximum atomic E-state index is 12.6. The predicted molar refractivity (Wildman–Crippen MR) is 77.9 cm³/mol. The van der Waals surface area contributed by atoms with Crippen molar-refractivity contribution in [2.45, 2.75) is 44.8 Å². The van der Waals surface area contributed by atoms with E-state index in [0.29, 0.717) is 25.0 Å². The van der Waals surface area contributed by atoms with E-state index in [1.807, 2.05) is 6.92 Å². The highest BCUT2D eigenvalue weighted by molar-refractivity contribution is 7.89. The number of aromatic nitrogens is 2. The van der Waals surface area contributed by atoms with Gasteiger partial charge in [-0.1, -0.05) is 13.8 Å². The number of imidazole rings is 1. The van der Waals surface area contributed by atoms with E-state index < -0.39 is 10.0 Å². The zero-order chi connectivity index (χ0) is 14.8. The molecule has 0 amide bonds. The van der Waals surface area contributed by atoms with Crippen LogP contribution in [0.15, 0.2) is 17.6 Å². The van der Waals surface area contributed by atoms with Crippen LogP contribution in [0.4, 0.5) is 0 Å². The van der Waals surface area contributed by atoms with Crippen LogP contribution in [0.3, 0.4) is 0 Å². The Hall–Kier alpha value is -0.920. The number of hydrogen-bond donors (Lipinski definition) is 1. The van der Waals surface area contributed by atoms with Crippen LogP contribution < -0.4 is 5.32 Å². The first kappa shape index (κ1) is 15.5. The molecule has 1 aromatic heterocycles.